The number of fused-ring (bicyclic) bond motifs is 2. The van der Waals surface area contributed by atoms with Crippen LogP contribution in [0, 0.1) is 31.6 Å². The summed E-state index contributed by atoms with van der Waals surface area (Å²) in [5.74, 6) is 2.56. The van der Waals surface area contributed by atoms with Gasteiger partial charge in [-0.25, -0.2) is 9.97 Å². The Morgan fingerprint density at radius 3 is 2.62 bits per heavy atom. The fourth-order valence-electron chi connectivity index (χ4n) is 3.40. The molecule has 0 spiro atoms. The molecular weight excluding hydrogens is 264 g/mol. The summed E-state index contributed by atoms with van der Waals surface area (Å²) >= 11 is 0. The minimum Gasteiger partial charge on any atom is -0.354 e. The molecule has 1 heterocycles. The predicted octanol–water partition coefficient (Wildman–Crippen LogP) is 1.83. The van der Waals surface area contributed by atoms with Crippen LogP contribution in [0.2, 0.25) is 0 Å². The number of aryl methyl sites for hydroxylation is 2. The topological polar surface area (TPSA) is 66.9 Å². The summed E-state index contributed by atoms with van der Waals surface area (Å²) < 4.78 is 0. The van der Waals surface area contributed by atoms with E-state index in [9.17, 15) is 4.79 Å². The molecule has 0 radical (unpaired) electrons. The first-order valence-electron chi connectivity index (χ1n) is 7.61. The molecule has 1 saturated carbocycles. The van der Waals surface area contributed by atoms with Gasteiger partial charge in [0.05, 0.1) is 6.54 Å². The second kappa shape index (κ2) is 5.84. The molecule has 1 amide bonds. The fraction of sp³-hybridized carbons (Fsp3) is 0.562. The first-order chi connectivity index (χ1) is 10.1. The fourth-order valence-corrected chi connectivity index (χ4v) is 3.40. The van der Waals surface area contributed by atoms with E-state index >= 15 is 0 Å². The third-order valence-electron chi connectivity index (χ3n) is 4.37. The van der Waals surface area contributed by atoms with Gasteiger partial charge < -0.3 is 10.6 Å². The van der Waals surface area contributed by atoms with Crippen LogP contribution in [0.3, 0.4) is 0 Å². The molecule has 2 aliphatic carbocycles. The van der Waals surface area contributed by atoms with Crippen molar-refractivity contribution in [3.05, 3.63) is 29.6 Å². The summed E-state index contributed by atoms with van der Waals surface area (Å²) in [7, 11) is 0. The summed E-state index contributed by atoms with van der Waals surface area (Å²) in [6.07, 6.45) is 7.12. The zero-order valence-corrected chi connectivity index (χ0v) is 12.6. The number of nitrogens with zero attached hydrogens (tertiary/aromatic N) is 2. The van der Waals surface area contributed by atoms with Gasteiger partial charge in [0.1, 0.15) is 0 Å². The van der Waals surface area contributed by atoms with Gasteiger partial charge in [-0.1, -0.05) is 12.2 Å². The Morgan fingerprint density at radius 2 is 2.00 bits per heavy atom. The van der Waals surface area contributed by atoms with Crippen LogP contribution in [-0.4, -0.2) is 29.0 Å². The van der Waals surface area contributed by atoms with Gasteiger partial charge in [-0.3, -0.25) is 4.79 Å². The van der Waals surface area contributed by atoms with Crippen LogP contribution in [-0.2, 0) is 4.79 Å². The average molecular weight is 286 g/mol. The second-order valence-electron chi connectivity index (χ2n) is 6.17. The standard InChI is InChI=1S/C16H22N4O/c1-10-5-11(2)20-16(19-10)18-9-15(21)17-8-14-7-12-3-4-13(14)6-12/h3-5,12-14H,6-9H2,1-2H3,(H,17,21)(H,18,19,20)/t12-,13-,14-/m0/s1. The molecule has 0 unspecified atom stereocenters. The van der Waals surface area contributed by atoms with Gasteiger partial charge in [0.25, 0.3) is 0 Å². The molecular formula is C16H22N4O. The maximum atomic E-state index is 11.9. The maximum Gasteiger partial charge on any atom is 0.239 e. The van der Waals surface area contributed by atoms with Gasteiger partial charge in [-0.15, -0.1) is 0 Å². The Labute approximate surface area is 125 Å². The number of allylic oxidation sites excluding steroid dienone is 2. The Balaban J connectivity index is 1.43. The van der Waals surface area contributed by atoms with Crippen LogP contribution >= 0.6 is 0 Å². The third kappa shape index (κ3) is 3.40. The van der Waals surface area contributed by atoms with Crippen molar-refractivity contribution >= 4 is 11.9 Å². The molecule has 0 aromatic carbocycles. The number of anilines is 1. The van der Waals surface area contributed by atoms with Crippen molar-refractivity contribution in [3.8, 4) is 0 Å². The lowest BCUT2D eigenvalue weighted by atomic mass is 9.94. The average Bonchev–Trinajstić information content (AvgIpc) is 3.04. The van der Waals surface area contributed by atoms with E-state index in [4.69, 9.17) is 0 Å². The lowest BCUT2D eigenvalue weighted by Crippen LogP contribution is -2.35. The van der Waals surface area contributed by atoms with E-state index in [2.05, 4.69) is 32.8 Å². The van der Waals surface area contributed by atoms with Gasteiger partial charge in [0, 0.05) is 17.9 Å². The molecule has 5 nitrogen and oxygen atoms in total. The number of nitrogens with one attached hydrogen (secondary N) is 2. The monoisotopic (exact) mass is 286 g/mol. The summed E-state index contributed by atoms with van der Waals surface area (Å²) in [5.41, 5.74) is 1.80. The molecule has 2 aliphatic rings. The summed E-state index contributed by atoms with van der Waals surface area (Å²) in [4.78, 5) is 20.4. The molecule has 0 aliphatic heterocycles. The highest BCUT2D eigenvalue weighted by Gasteiger charge is 2.35. The van der Waals surface area contributed by atoms with Crippen molar-refractivity contribution in [2.24, 2.45) is 17.8 Å². The molecule has 3 rings (SSSR count). The van der Waals surface area contributed by atoms with Gasteiger partial charge in [-0.2, -0.15) is 0 Å². The van der Waals surface area contributed by atoms with Crippen LogP contribution in [0.15, 0.2) is 18.2 Å². The minimum absolute atomic E-state index is 0.00418. The largest absolute Gasteiger partial charge is 0.354 e. The van der Waals surface area contributed by atoms with E-state index in [-0.39, 0.29) is 12.5 Å². The number of amides is 1. The first-order valence-corrected chi connectivity index (χ1v) is 7.61. The Hall–Kier alpha value is -1.91. The normalized spacial score (nSPS) is 26.1. The SMILES string of the molecule is Cc1cc(C)nc(NCC(=O)NC[C@@H]2C[C@H]3C=C[C@H]2C3)n1. The molecule has 2 N–H and O–H groups in total. The van der Waals surface area contributed by atoms with Crippen LogP contribution in [0.1, 0.15) is 24.2 Å². The summed E-state index contributed by atoms with van der Waals surface area (Å²) in [5, 5.41) is 6.01. The molecule has 5 heteroatoms. The van der Waals surface area contributed by atoms with Crippen molar-refractivity contribution in [2.75, 3.05) is 18.4 Å². The number of hydrogen-bond acceptors (Lipinski definition) is 4. The molecule has 21 heavy (non-hydrogen) atoms. The minimum atomic E-state index is 0.00418. The highest BCUT2D eigenvalue weighted by atomic mass is 16.1. The number of carbonyl (C=O) groups is 1. The number of carbonyl (C=O) groups excluding carboxylic acids is 1. The van der Waals surface area contributed by atoms with Crippen molar-refractivity contribution in [3.63, 3.8) is 0 Å². The van der Waals surface area contributed by atoms with Gasteiger partial charge >= 0.3 is 0 Å². The molecule has 112 valence electrons. The van der Waals surface area contributed by atoms with Crippen LogP contribution in [0.5, 0.6) is 0 Å². The number of hydrogen-bond donors (Lipinski definition) is 2. The van der Waals surface area contributed by atoms with E-state index in [0.29, 0.717) is 17.8 Å². The van der Waals surface area contributed by atoms with Crippen LogP contribution in [0.25, 0.3) is 0 Å². The molecule has 1 aromatic heterocycles. The third-order valence-corrected chi connectivity index (χ3v) is 4.37. The molecule has 0 saturated heterocycles. The smallest absolute Gasteiger partial charge is 0.239 e. The van der Waals surface area contributed by atoms with Crippen molar-refractivity contribution in [2.45, 2.75) is 26.7 Å². The number of rotatable bonds is 5. The van der Waals surface area contributed by atoms with E-state index in [1.54, 1.807) is 0 Å². The quantitative estimate of drug-likeness (QED) is 0.810. The highest BCUT2D eigenvalue weighted by Crippen LogP contribution is 2.42. The van der Waals surface area contributed by atoms with Crippen LogP contribution in [0.4, 0.5) is 5.95 Å². The maximum absolute atomic E-state index is 11.9. The summed E-state index contributed by atoms with van der Waals surface area (Å²) in [6.45, 7) is 4.84. The van der Waals surface area contributed by atoms with Gasteiger partial charge in [0.15, 0.2) is 0 Å². The lowest BCUT2D eigenvalue weighted by Gasteiger charge is -2.18. The molecule has 1 fully saturated rings. The van der Waals surface area contributed by atoms with Gasteiger partial charge in [-0.05, 0) is 50.5 Å². The predicted molar refractivity (Wildman–Crippen MR) is 81.8 cm³/mol. The van der Waals surface area contributed by atoms with Crippen molar-refractivity contribution in [1.82, 2.24) is 15.3 Å². The zero-order chi connectivity index (χ0) is 14.8. The number of aromatic nitrogens is 2. The Kier molecular flexibility index (Phi) is 3.90. The second-order valence-corrected chi connectivity index (χ2v) is 6.17. The van der Waals surface area contributed by atoms with E-state index in [1.165, 1.54) is 12.8 Å². The van der Waals surface area contributed by atoms with Crippen LogP contribution < -0.4 is 10.6 Å². The van der Waals surface area contributed by atoms with E-state index in [0.717, 1.165) is 23.9 Å². The van der Waals surface area contributed by atoms with E-state index in [1.807, 2.05) is 19.9 Å². The first kappa shape index (κ1) is 14.0. The lowest BCUT2D eigenvalue weighted by molar-refractivity contribution is -0.119. The molecule has 2 bridgehead atoms. The molecule has 1 aromatic rings. The van der Waals surface area contributed by atoms with Crippen molar-refractivity contribution < 1.29 is 4.79 Å². The molecule has 3 atom stereocenters. The Bertz CT molecular complexity index is 549. The zero-order valence-electron chi connectivity index (χ0n) is 12.6. The van der Waals surface area contributed by atoms with Gasteiger partial charge in [0.2, 0.25) is 11.9 Å². The van der Waals surface area contributed by atoms with E-state index < -0.39 is 0 Å². The highest BCUT2D eigenvalue weighted by molar-refractivity contribution is 5.80. The van der Waals surface area contributed by atoms with Crippen molar-refractivity contribution in [1.29, 1.82) is 0 Å². The Morgan fingerprint density at radius 1 is 1.24 bits per heavy atom. The summed E-state index contributed by atoms with van der Waals surface area (Å²) in [6, 6.07) is 1.91.